The van der Waals surface area contributed by atoms with Crippen molar-refractivity contribution in [2.24, 2.45) is 0 Å². The van der Waals surface area contributed by atoms with Crippen LogP contribution in [0.1, 0.15) is 27.2 Å². The van der Waals surface area contributed by atoms with Gasteiger partial charge in [-0.25, -0.2) is 0 Å². The highest BCUT2D eigenvalue weighted by Gasteiger charge is 2.37. The van der Waals surface area contributed by atoms with E-state index in [4.69, 9.17) is 5.11 Å². The molecule has 1 saturated heterocycles. The van der Waals surface area contributed by atoms with E-state index >= 15 is 0 Å². The molecule has 0 spiro atoms. The van der Waals surface area contributed by atoms with Crippen LogP contribution in [0.5, 0.6) is 0 Å². The predicted molar refractivity (Wildman–Crippen MR) is 55.2 cm³/mol. The molecular formula is C10H16OS. The van der Waals surface area contributed by atoms with Crippen molar-refractivity contribution in [3.05, 3.63) is 23.8 Å². The maximum absolute atomic E-state index is 9.11. The Balaban J connectivity index is 2.41. The van der Waals surface area contributed by atoms with Gasteiger partial charge in [-0.15, -0.1) is 11.8 Å². The summed E-state index contributed by atoms with van der Waals surface area (Å²) >= 11 is 1.62. The first-order valence-corrected chi connectivity index (χ1v) is 5.08. The molecule has 2 heteroatoms. The van der Waals surface area contributed by atoms with Crippen molar-refractivity contribution < 1.29 is 5.11 Å². The number of rotatable bonds is 2. The lowest BCUT2D eigenvalue weighted by atomic mass is 10.1. The lowest BCUT2D eigenvalue weighted by Crippen LogP contribution is -2.35. The molecule has 1 aliphatic rings. The number of thioether (sulfide) groups is 1. The molecule has 0 aromatic rings. The summed E-state index contributed by atoms with van der Waals surface area (Å²) in [5.41, 5.74) is 1.16. The molecule has 0 radical (unpaired) electrons. The van der Waals surface area contributed by atoms with Gasteiger partial charge in [0.15, 0.2) is 0 Å². The van der Waals surface area contributed by atoms with E-state index in [1.807, 2.05) is 0 Å². The van der Waals surface area contributed by atoms with Gasteiger partial charge < -0.3 is 5.11 Å². The molecule has 0 aromatic carbocycles. The average molecular weight is 184 g/mol. The van der Waals surface area contributed by atoms with Crippen LogP contribution in [0.15, 0.2) is 23.8 Å². The second kappa shape index (κ2) is 3.67. The molecule has 1 N–H and O–H groups in total. The molecule has 0 saturated carbocycles. The van der Waals surface area contributed by atoms with Gasteiger partial charge in [0.05, 0.1) is 0 Å². The quantitative estimate of drug-likeness (QED) is 0.666. The third-order valence-corrected chi connectivity index (χ3v) is 3.14. The van der Waals surface area contributed by atoms with Crippen molar-refractivity contribution in [1.29, 1.82) is 0 Å². The fourth-order valence-electron chi connectivity index (χ4n) is 1.20. The Morgan fingerprint density at radius 1 is 1.58 bits per heavy atom. The van der Waals surface area contributed by atoms with E-state index in [9.17, 15) is 0 Å². The van der Waals surface area contributed by atoms with Gasteiger partial charge in [-0.2, -0.15) is 0 Å². The van der Waals surface area contributed by atoms with E-state index in [0.29, 0.717) is 0 Å². The average Bonchev–Trinajstić information content (AvgIpc) is 1.83. The van der Waals surface area contributed by atoms with Crippen LogP contribution in [0.4, 0.5) is 0 Å². The minimum atomic E-state index is -0.147. The largest absolute Gasteiger partial charge is 0.382 e. The van der Waals surface area contributed by atoms with Gasteiger partial charge in [-0.05, 0) is 20.8 Å². The lowest BCUT2D eigenvalue weighted by Gasteiger charge is -2.39. The maximum atomic E-state index is 9.11. The summed E-state index contributed by atoms with van der Waals surface area (Å²) in [6, 6.07) is 0. The molecule has 2 unspecified atom stereocenters. The van der Waals surface area contributed by atoms with Gasteiger partial charge in [0.25, 0.3) is 0 Å². The monoisotopic (exact) mass is 184 g/mol. The first-order valence-electron chi connectivity index (χ1n) is 4.20. The van der Waals surface area contributed by atoms with Crippen LogP contribution >= 0.6 is 11.8 Å². The van der Waals surface area contributed by atoms with E-state index in [0.717, 1.165) is 6.42 Å². The van der Waals surface area contributed by atoms with E-state index in [1.165, 1.54) is 5.57 Å². The molecule has 0 amide bonds. The smallest absolute Gasteiger partial charge is 0.102 e. The van der Waals surface area contributed by atoms with Crippen LogP contribution < -0.4 is 0 Å². The molecule has 0 aliphatic carbocycles. The highest BCUT2D eigenvalue weighted by molar-refractivity contribution is 8.02. The molecular weight excluding hydrogens is 168 g/mol. The van der Waals surface area contributed by atoms with Crippen molar-refractivity contribution in [2.45, 2.75) is 37.4 Å². The minimum Gasteiger partial charge on any atom is -0.382 e. The molecule has 1 nitrogen and oxygen atoms in total. The summed E-state index contributed by atoms with van der Waals surface area (Å²) in [5.74, 6) is 0. The summed E-state index contributed by atoms with van der Waals surface area (Å²) in [6.45, 7) is 6.31. The van der Waals surface area contributed by atoms with Gasteiger partial charge in [-0.3, -0.25) is 0 Å². The maximum Gasteiger partial charge on any atom is 0.102 e. The summed E-state index contributed by atoms with van der Waals surface area (Å²) < 4.78 is 0.172. The zero-order valence-electron chi connectivity index (χ0n) is 7.87. The van der Waals surface area contributed by atoms with E-state index < -0.39 is 0 Å². The summed E-state index contributed by atoms with van der Waals surface area (Å²) in [7, 11) is 0. The Morgan fingerprint density at radius 2 is 2.17 bits per heavy atom. The Hall–Kier alpha value is -0.210. The zero-order valence-corrected chi connectivity index (χ0v) is 8.69. The van der Waals surface area contributed by atoms with Gasteiger partial charge in [0.2, 0.25) is 0 Å². The fourth-order valence-corrected chi connectivity index (χ4v) is 2.36. The van der Waals surface area contributed by atoms with Gasteiger partial charge in [0, 0.05) is 11.2 Å². The highest BCUT2D eigenvalue weighted by atomic mass is 32.2. The Kier molecular flexibility index (Phi) is 3.02. The number of hydrogen-bond donors (Lipinski definition) is 1. The molecule has 1 rings (SSSR count). The van der Waals surface area contributed by atoms with E-state index in [-0.39, 0.29) is 10.2 Å². The van der Waals surface area contributed by atoms with Gasteiger partial charge >= 0.3 is 0 Å². The molecule has 0 bridgehead atoms. The first kappa shape index (κ1) is 9.87. The highest BCUT2D eigenvalue weighted by Crippen LogP contribution is 2.46. The number of allylic oxidation sites excluding steroid dienone is 3. The zero-order chi connectivity index (χ0) is 9.19. The third-order valence-electron chi connectivity index (χ3n) is 1.86. The molecule has 1 fully saturated rings. The summed E-state index contributed by atoms with van der Waals surface area (Å²) in [6.07, 6.45) is 7.22. The lowest BCUT2D eigenvalue weighted by molar-refractivity contribution is 0.221. The molecule has 1 heterocycles. The molecule has 1 aliphatic heterocycles. The van der Waals surface area contributed by atoms with Crippen molar-refractivity contribution in [2.75, 3.05) is 0 Å². The van der Waals surface area contributed by atoms with Gasteiger partial charge in [0.1, 0.15) is 5.44 Å². The van der Waals surface area contributed by atoms with Crippen molar-refractivity contribution in [3.8, 4) is 0 Å². The minimum absolute atomic E-state index is 0.147. The third kappa shape index (κ3) is 2.68. The van der Waals surface area contributed by atoms with Crippen LogP contribution in [0.25, 0.3) is 0 Å². The summed E-state index contributed by atoms with van der Waals surface area (Å²) in [4.78, 5) is 0. The molecule has 2 atom stereocenters. The van der Waals surface area contributed by atoms with E-state index in [1.54, 1.807) is 11.8 Å². The predicted octanol–water partition coefficient (Wildman–Crippen LogP) is 2.72. The van der Waals surface area contributed by atoms with Crippen LogP contribution in [0.3, 0.4) is 0 Å². The number of aliphatic hydroxyl groups excluding tert-OH is 1. The Labute approximate surface area is 78.6 Å². The topological polar surface area (TPSA) is 20.2 Å². The van der Waals surface area contributed by atoms with E-state index in [2.05, 4.69) is 39.0 Å². The van der Waals surface area contributed by atoms with Crippen LogP contribution in [-0.2, 0) is 0 Å². The molecule has 68 valence electrons. The fraction of sp³-hybridized carbons (Fsp3) is 0.600. The standard InChI is InChI=1S/C10H16OS/c1-8(2)5-4-6-10(3)7-9(11)12-10/h4-6,9,11H,7H2,1-3H3/b6-4+. The van der Waals surface area contributed by atoms with Gasteiger partial charge in [-0.1, -0.05) is 23.8 Å². The second-order valence-corrected chi connectivity index (χ2v) is 5.40. The van der Waals surface area contributed by atoms with Crippen molar-refractivity contribution in [3.63, 3.8) is 0 Å². The van der Waals surface area contributed by atoms with Crippen molar-refractivity contribution >= 4 is 11.8 Å². The number of hydrogen-bond acceptors (Lipinski definition) is 2. The second-order valence-electron chi connectivity index (χ2n) is 3.69. The van der Waals surface area contributed by atoms with Crippen LogP contribution in [0, 0.1) is 0 Å². The Morgan fingerprint density at radius 3 is 2.58 bits per heavy atom. The SMILES string of the molecule is CC(C)=C/C=C/C1(C)CC(O)S1. The number of aliphatic hydroxyl groups is 1. The van der Waals surface area contributed by atoms with Crippen LogP contribution in [0.2, 0.25) is 0 Å². The van der Waals surface area contributed by atoms with Crippen molar-refractivity contribution in [1.82, 2.24) is 0 Å². The van der Waals surface area contributed by atoms with Crippen LogP contribution in [-0.4, -0.2) is 15.3 Å². The normalized spacial score (nSPS) is 34.8. The molecule has 12 heavy (non-hydrogen) atoms. The first-order chi connectivity index (χ1) is 5.52. The Bertz CT molecular complexity index is 208. The molecule has 0 aromatic heterocycles. The summed E-state index contributed by atoms with van der Waals surface area (Å²) in [5, 5.41) is 9.11.